The molecule has 0 fully saturated rings. The Hall–Kier alpha value is -0.120. The summed E-state index contributed by atoms with van der Waals surface area (Å²) in [5.41, 5.74) is -0.634. The van der Waals surface area contributed by atoms with Gasteiger partial charge in [0.2, 0.25) is 0 Å². The molecule has 13 heavy (non-hydrogen) atoms. The van der Waals surface area contributed by atoms with Gasteiger partial charge in [-0.15, -0.1) is 0 Å². The number of hydrogen-bond donors (Lipinski definition) is 2. The van der Waals surface area contributed by atoms with Gasteiger partial charge in [0.1, 0.15) is 0 Å². The van der Waals surface area contributed by atoms with E-state index in [0.29, 0.717) is 0 Å². The lowest BCUT2D eigenvalue weighted by Crippen LogP contribution is -2.46. The van der Waals surface area contributed by atoms with Crippen molar-refractivity contribution in [2.45, 2.75) is 39.3 Å². The molecule has 0 rings (SSSR count). The summed E-state index contributed by atoms with van der Waals surface area (Å²) in [5.74, 6) is 0. The molecule has 1 unspecified atom stereocenters. The first-order valence-electron chi connectivity index (χ1n) is 5.02. The Morgan fingerprint density at radius 2 is 2.00 bits per heavy atom. The van der Waals surface area contributed by atoms with Crippen molar-refractivity contribution in [1.82, 2.24) is 10.2 Å². The van der Waals surface area contributed by atoms with Crippen LogP contribution in [-0.4, -0.2) is 48.3 Å². The van der Waals surface area contributed by atoms with Gasteiger partial charge < -0.3 is 15.3 Å². The van der Waals surface area contributed by atoms with Crippen LogP contribution in [0.5, 0.6) is 0 Å². The second kappa shape index (κ2) is 5.58. The van der Waals surface area contributed by atoms with E-state index in [4.69, 9.17) is 0 Å². The van der Waals surface area contributed by atoms with E-state index in [2.05, 4.69) is 24.2 Å². The summed E-state index contributed by atoms with van der Waals surface area (Å²) in [5, 5.41) is 12.9. The molecule has 0 aliphatic rings. The lowest BCUT2D eigenvalue weighted by molar-refractivity contribution is 0.0438. The van der Waals surface area contributed by atoms with Crippen molar-refractivity contribution in [3.05, 3.63) is 0 Å². The Morgan fingerprint density at radius 1 is 1.46 bits per heavy atom. The second-order valence-corrected chi connectivity index (χ2v) is 4.23. The summed E-state index contributed by atoms with van der Waals surface area (Å²) >= 11 is 0. The van der Waals surface area contributed by atoms with Crippen LogP contribution < -0.4 is 5.32 Å². The van der Waals surface area contributed by atoms with Crippen LogP contribution in [-0.2, 0) is 0 Å². The number of likely N-dealkylation sites (N-methyl/N-ethyl adjacent to an activating group) is 1. The van der Waals surface area contributed by atoms with Gasteiger partial charge in [0.25, 0.3) is 0 Å². The quantitative estimate of drug-likeness (QED) is 0.643. The highest BCUT2D eigenvalue weighted by atomic mass is 16.3. The van der Waals surface area contributed by atoms with Gasteiger partial charge in [0, 0.05) is 19.1 Å². The minimum atomic E-state index is -0.634. The van der Waals surface area contributed by atoms with E-state index in [9.17, 15) is 5.11 Å². The van der Waals surface area contributed by atoms with E-state index in [0.717, 1.165) is 19.6 Å². The standard InChI is InChI=1S/C10H24N2O/c1-6-12(5)8-7-11-9(2)10(3,4)13/h9,11,13H,6-8H2,1-5H3. The SMILES string of the molecule is CCN(C)CCNC(C)C(C)(C)O. The minimum Gasteiger partial charge on any atom is -0.389 e. The van der Waals surface area contributed by atoms with Crippen LogP contribution in [0.4, 0.5) is 0 Å². The average molecular weight is 188 g/mol. The molecule has 0 aliphatic heterocycles. The largest absolute Gasteiger partial charge is 0.389 e. The van der Waals surface area contributed by atoms with Crippen LogP contribution in [0.2, 0.25) is 0 Å². The van der Waals surface area contributed by atoms with Crippen molar-refractivity contribution in [3.8, 4) is 0 Å². The van der Waals surface area contributed by atoms with Crippen LogP contribution in [0.3, 0.4) is 0 Å². The molecule has 3 nitrogen and oxygen atoms in total. The fourth-order valence-corrected chi connectivity index (χ4v) is 0.880. The lowest BCUT2D eigenvalue weighted by atomic mass is 10.0. The molecule has 1 atom stereocenters. The van der Waals surface area contributed by atoms with Crippen molar-refractivity contribution in [3.63, 3.8) is 0 Å². The van der Waals surface area contributed by atoms with E-state index in [-0.39, 0.29) is 6.04 Å². The summed E-state index contributed by atoms with van der Waals surface area (Å²) in [4.78, 5) is 2.24. The molecule has 2 N–H and O–H groups in total. The maximum atomic E-state index is 9.63. The average Bonchev–Trinajstić information content (AvgIpc) is 2.02. The Bertz CT molecular complexity index is 131. The molecule has 0 radical (unpaired) electrons. The molecule has 0 saturated carbocycles. The molecule has 0 spiro atoms. The van der Waals surface area contributed by atoms with Crippen molar-refractivity contribution in [1.29, 1.82) is 0 Å². The first-order valence-corrected chi connectivity index (χ1v) is 5.02. The van der Waals surface area contributed by atoms with Crippen LogP contribution in [0.1, 0.15) is 27.7 Å². The van der Waals surface area contributed by atoms with Gasteiger partial charge in [-0.3, -0.25) is 0 Å². The van der Waals surface area contributed by atoms with Crippen LogP contribution >= 0.6 is 0 Å². The zero-order valence-electron chi connectivity index (χ0n) is 9.59. The molecule has 0 aromatic rings. The Balaban J connectivity index is 3.54. The van der Waals surface area contributed by atoms with E-state index >= 15 is 0 Å². The smallest absolute Gasteiger partial charge is 0.0741 e. The van der Waals surface area contributed by atoms with Crippen LogP contribution in [0, 0.1) is 0 Å². The lowest BCUT2D eigenvalue weighted by Gasteiger charge is -2.27. The zero-order chi connectivity index (χ0) is 10.5. The second-order valence-electron chi connectivity index (χ2n) is 4.23. The van der Waals surface area contributed by atoms with Gasteiger partial charge in [-0.2, -0.15) is 0 Å². The van der Waals surface area contributed by atoms with Gasteiger partial charge in [0.05, 0.1) is 5.60 Å². The highest BCUT2D eigenvalue weighted by Gasteiger charge is 2.20. The zero-order valence-corrected chi connectivity index (χ0v) is 9.59. The molecule has 0 heterocycles. The maximum Gasteiger partial charge on any atom is 0.0741 e. The topological polar surface area (TPSA) is 35.5 Å². The molecule has 0 aromatic heterocycles. The molecule has 0 amide bonds. The first-order chi connectivity index (χ1) is 5.88. The molecule has 0 aliphatic carbocycles. The normalized spacial score (nSPS) is 15.0. The molecule has 3 heteroatoms. The van der Waals surface area contributed by atoms with Crippen molar-refractivity contribution in [2.24, 2.45) is 0 Å². The van der Waals surface area contributed by atoms with Gasteiger partial charge in [0.15, 0.2) is 0 Å². The van der Waals surface area contributed by atoms with E-state index in [1.54, 1.807) is 0 Å². The third-order valence-electron chi connectivity index (χ3n) is 2.54. The van der Waals surface area contributed by atoms with E-state index in [1.807, 2.05) is 20.8 Å². The number of rotatable bonds is 6. The van der Waals surface area contributed by atoms with Crippen LogP contribution in [0.15, 0.2) is 0 Å². The number of aliphatic hydroxyl groups is 1. The molecular formula is C10H24N2O. The summed E-state index contributed by atoms with van der Waals surface area (Å²) in [6, 6.07) is 0.137. The van der Waals surface area contributed by atoms with Gasteiger partial charge >= 0.3 is 0 Å². The number of nitrogens with zero attached hydrogens (tertiary/aromatic N) is 1. The minimum absolute atomic E-state index is 0.137. The number of nitrogens with one attached hydrogen (secondary N) is 1. The number of hydrogen-bond acceptors (Lipinski definition) is 3. The first kappa shape index (κ1) is 12.9. The summed E-state index contributed by atoms with van der Waals surface area (Å²) in [6.07, 6.45) is 0. The highest BCUT2D eigenvalue weighted by Crippen LogP contribution is 2.06. The fraction of sp³-hybridized carbons (Fsp3) is 1.00. The Labute approximate surface area is 82.1 Å². The van der Waals surface area contributed by atoms with E-state index < -0.39 is 5.60 Å². The molecular weight excluding hydrogens is 164 g/mol. The predicted molar refractivity (Wildman–Crippen MR) is 56.9 cm³/mol. The maximum absolute atomic E-state index is 9.63. The molecule has 0 aromatic carbocycles. The van der Waals surface area contributed by atoms with Crippen LogP contribution in [0.25, 0.3) is 0 Å². The monoisotopic (exact) mass is 188 g/mol. The molecule has 0 bridgehead atoms. The van der Waals surface area contributed by atoms with Gasteiger partial charge in [-0.25, -0.2) is 0 Å². The summed E-state index contributed by atoms with van der Waals surface area (Å²) < 4.78 is 0. The van der Waals surface area contributed by atoms with E-state index in [1.165, 1.54) is 0 Å². The summed E-state index contributed by atoms with van der Waals surface area (Å²) in [7, 11) is 2.09. The van der Waals surface area contributed by atoms with Crippen molar-refractivity contribution < 1.29 is 5.11 Å². The predicted octanol–water partition coefficient (Wildman–Crippen LogP) is 0.687. The Kier molecular flexibility index (Phi) is 5.53. The Morgan fingerprint density at radius 3 is 2.38 bits per heavy atom. The van der Waals surface area contributed by atoms with Crippen molar-refractivity contribution in [2.75, 3.05) is 26.7 Å². The van der Waals surface area contributed by atoms with Gasteiger partial charge in [-0.1, -0.05) is 6.92 Å². The summed E-state index contributed by atoms with van der Waals surface area (Å²) in [6.45, 7) is 10.8. The highest BCUT2D eigenvalue weighted by molar-refractivity contribution is 4.79. The third-order valence-corrected chi connectivity index (χ3v) is 2.54. The fourth-order valence-electron chi connectivity index (χ4n) is 0.880. The van der Waals surface area contributed by atoms with Gasteiger partial charge in [-0.05, 0) is 34.4 Å². The molecule has 80 valence electrons. The third kappa shape index (κ3) is 6.02. The van der Waals surface area contributed by atoms with Crippen molar-refractivity contribution >= 4 is 0 Å². The molecule has 0 saturated heterocycles.